The number of carbonyl (C=O) groups is 2. The van der Waals surface area contributed by atoms with Crippen molar-refractivity contribution >= 4 is 41.5 Å². The van der Waals surface area contributed by atoms with Crippen molar-refractivity contribution < 1.29 is 19.4 Å². The van der Waals surface area contributed by atoms with Gasteiger partial charge in [-0.2, -0.15) is 5.10 Å². The Morgan fingerprint density at radius 2 is 1.76 bits per heavy atom. The Hall–Kier alpha value is -5.14. The highest BCUT2D eigenvalue weighted by Crippen LogP contribution is 2.39. The molecule has 1 aliphatic carbocycles. The molecule has 2 atom stereocenters. The molecule has 1 aliphatic heterocycles. The molecule has 0 unspecified atom stereocenters. The molecule has 5 aromatic rings. The lowest BCUT2D eigenvalue weighted by atomic mass is 9.85. The van der Waals surface area contributed by atoms with Crippen LogP contribution in [0.25, 0.3) is 11.3 Å². The second-order valence-electron chi connectivity index (χ2n) is 15.1. The minimum Gasteiger partial charge on any atom is -0.484 e. The second kappa shape index (κ2) is 16.9. The third-order valence-corrected chi connectivity index (χ3v) is 10.2. The van der Waals surface area contributed by atoms with E-state index >= 15 is 0 Å². The first kappa shape index (κ1) is 38.6. The summed E-state index contributed by atoms with van der Waals surface area (Å²) in [7, 11) is 4.09. The second-order valence-corrected chi connectivity index (χ2v) is 15.5. The Kier molecular flexibility index (Phi) is 12.1. The van der Waals surface area contributed by atoms with Gasteiger partial charge in [-0.15, -0.1) is 10.2 Å². The summed E-state index contributed by atoms with van der Waals surface area (Å²) in [5.41, 5.74) is 5.46. The molecule has 54 heavy (non-hydrogen) atoms. The lowest BCUT2D eigenvalue weighted by Gasteiger charge is -2.32. The highest BCUT2D eigenvalue weighted by Gasteiger charge is 2.30. The quantitative estimate of drug-likeness (QED) is 0.131. The van der Waals surface area contributed by atoms with Crippen LogP contribution in [0.4, 0.5) is 16.6 Å². The zero-order chi connectivity index (χ0) is 38.4. The molecular weight excluding hydrogens is 706 g/mol. The molecule has 3 N–H and O–H groups in total. The molecule has 0 bridgehead atoms. The van der Waals surface area contributed by atoms with Gasteiger partial charge in [-0.25, -0.2) is 9.48 Å². The monoisotopic (exact) mass is 755 g/mol. The van der Waals surface area contributed by atoms with Crippen LogP contribution in [0.3, 0.4) is 0 Å². The summed E-state index contributed by atoms with van der Waals surface area (Å²) in [6.45, 7) is 8.94. The minimum atomic E-state index is -0.291. The molecular formula is C40H50ClN9O4. The van der Waals surface area contributed by atoms with Crippen molar-refractivity contribution in [2.45, 2.75) is 76.9 Å². The van der Waals surface area contributed by atoms with Crippen LogP contribution < -0.4 is 20.3 Å². The molecule has 0 saturated carbocycles. The highest BCUT2D eigenvalue weighted by atomic mass is 35.5. The number of carbonyl (C=O) groups excluding carboxylic acids is 1. The van der Waals surface area contributed by atoms with Gasteiger partial charge in [0.2, 0.25) is 5.95 Å². The average Bonchev–Trinajstić information content (AvgIpc) is 3.78. The summed E-state index contributed by atoms with van der Waals surface area (Å²) in [5, 5.41) is 27.8. The topological polar surface area (TPSA) is 142 Å². The molecule has 7 rings (SSSR count). The van der Waals surface area contributed by atoms with Crippen molar-refractivity contribution in [1.29, 1.82) is 0 Å². The van der Waals surface area contributed by atoms with E-state index in [9.17, 15) is 4.79 Å². The molecule has 2 amide bonds. The first-order chi connectivity index (χ1) is 25.9. The van der Waals surface area contributed by atoms with E-state index in [1.165, 1.54) is 19.3 Å². The molecule has 13 nitrogen and oxygen atoms in total. The van der Waals surface area contributed by atoms with Crippen molar-refractivity contribution in [3.05, 3.63) is 94.3 Å². The van der Waals surface area contributed by atoms with E-state index in [1.54, 1.807) is 4.68 Å². The summed E-state index contributed by atoms with van der Waals surface area (Å²) < 4.78 is 10.5. The van der Waals surface area contributed by atoms with Crippen molar-refractivity contribution in [1.82, 2.24) is 34.6 Å². The van der Waals surface area contributed by atoms with Crippen LogP contribution in [0.1, 0.15) is 87.4 Å². The van der Waals surface area contributed by atoms with Crippen molar-refractivity contribution in [2.24, 2.45) is 0 Å². The van der Waals surface area contributed by atoms with Gasteiger partial charge in [0.1, 0.15) is 17.7 Å². The molecule has 2 aromatic carbocycles. The van der Waals surface area contributed by atoms with Crippen molar-refractivity contribution in [2.75, 3.05) is 43.9 Å². The standard InChI is InChI=1S/C39H48ClN9O2.CH2O2/c1-39(2,3)34-24-36(49(45-34)27-13-15-31(40)26(23-27)19-22-46(4)5)42-37(50)41-32-16-17-33(30-12-8-7-11-29(30)32)51-28-14-18-35-43-44-38(48(35)25-28)47-20-9-6-10-21-47;2-1-3/h7-8,11-15,18,23-25,32-33H,6,9-10,16-17,19-22H2,1-5H3,(H2,41,42,50);1H,(H,2,3)/t32-,33+;/m0./s1. The number of amides is 2. The molecule has 4 heterocycles. The number of hydrogen-bond acceptors (Lipinski definition) is 8. The van der Waals surface area contributed by atoms with E-state index in [1.807, 2.05) is 67.2 Å². The third kappa shape index (κ3) is 8.96. The summed E-state index contributed by atoms with van der Waals surface area (Å²) in [6.07, 6.45) is 7.70. The Morgan fingerprint density at radius 3 is 2.48 bits per heavy atom. The van der Waals surface area contributed by atoms with Crippen LogP contribution in [0.5, 0.6) is 5.75 Å². The zero-order valence-corrected chi connectivity index (χ0v) is 32.4. The summed E-state index contributed by atoms with van der Waals surface area (Å²) in [5.74, 6) is 2.22. The van der Waals surface area contributed by atoms with Crippen LogP contribution in [0.2, 0.25) is 5.02 Å². The van der Waals surface area contributed by atoms with Gasteiger partial charge in [0, 0.05) is 36.1 Å². The van der Waals surface area contributed by atoms with Crippen LogP contribution in [0.15, 0.2) is 66.9 Å². The number of anilines is 2. The van der Waals surface area contributed by atoms with Crippen molar-refractivity contribution in [3.8, 4) is 11.4 Å². The Morgan fingerprint density at radius 1 is 1.02 bits per heavy atom. The molecule has 0 radical (unpaired) electrons. The SMILES string of the molecule is CN(C)CCc1cc(-n2nc(C(C)(C)C)cc2NC(=O)N[C@H]2CC[C@@H](Oc3ccc4nnc(N5CCCCC5)n4c3)c3ccccc32)ccc1Cl.O=CO. The molecule has 286 valence electrons. The number of likely N-dealkylation sites (N-methyl/N-ethyl adjacent to an activating group) is 1. The summed E-state index contributed by atoms with van der Waals surface area (Å²) in [4.78, 5) is 26.5. The number of halogens is 1. The Labute approximate surface area is 321 Å². The summed E-state index contributed by atoms with van der Waals surface area (Å²) in [6, 6.07) is 19.5. The molecule has 1 saturated heterocycles. The molecule has 0 spiro atoms. The lowest BCUT2D eigenvalue weighted by Crippen LogP contribution is -2.36. The number of fused-ring (bicyclic) bond motifs is 2. The van der Waals surface area contributed by atoms with E-state index in [-0.39, 0.29) is 30.1 Å². The third-order valence-electron chi connectivity index (χ3n) is 9.84. The maximum Gasteiger partial charge on any atom is 0.320 e. The number of benzene rings is 2. The van der Waals surface area contributed by atoms with Gasteiger partial charge < -0.3 is 25.0 Å². The van der Waals surface area contributed by atoms with Crippen LogP contribution in [0, 0.1) is 0 Å². The maximum atomic E-state index is 13.7. The largest absolute Gasteiger partial charge is 0.484 e. The fourth-order valence-electron chi connectivity index (χ4n) is 7.00. The van der Waals surface area contributed by atoms with Gasteiger partial charge in [0.15, 0.2) is 5.65 Å². The first-order valence-corrected chi connectivity index (χ1v) is 18.9. The van der Waals surface area contributed by atoms with Gasteiger partial charge >= 0.3 is 6.03 Å². The number of rotatable bonds is 9. The van der Waals surface area contributed by atoms with Crippen LogP contribution in [-0.2, 0) is 16.6 Å². The van der Waals surface area contributed by atoms with Gasteiger partial charge in [-0.05, 0) is 99.6 Å². The predicted molar refractivity (Wildman–Crippen MR) is 211 cm³/mol. The minimum absolute atomic E-state index is 0.156. The molecule has 14 heteroatoms. The first-order valence-electron chi connectivity index (χ1n) is 18.5. The Bertz CT molecular complexity index is 2070. The smallest absolute Gasteiger partial charge is 0.320 e. The number of ether oxygens (including phenoxy) is 1. The number of aromatic nitrogens is 5. The fraction of sp³-hybridized carbons (Fsp3) is 0.425. The molecule has 1 fully saturated rings. The Balaban J connectivity index is 0.00000160. The lowest BCUT2D eigenvalue weighted by molar-refractivity contribution is -0.122. The number of nitrogens with zero attached hydrogens (tertiary/aromatic N) is 7. The van der Waals surface area contributed by atoms with E-state index < -0.39 is 0 Å². The zero-order valence-electron chi connectivity index (χ0n) is 31.6. The van der Waals surface area contributed by atoms with Crippen LogP contribution >= 0.6 is 11.6 Å². The number of piperidine rings is 1. The maximum absolute atomic E-state index is 13.7. The fourth-order valence-corrected chi connectivity index (χ4v) is 7.21. The van der Waals surface area contributed by atoms with Crippen molar-refractivity contribution in [3.63, 3.8) is 0 Å². The number of hydrogen-bond donors (Lipinski definition) is 3. The number of nitrogens with one attached hydrogen (secondary N) is 2. The van der Waals surface area contributed by atoms with Crippen LogP contribution in [-0.4, -0.2) is 80.6 Å². The van der Waals surface area contributed by atoms with Gasteiger partial charge in [-0.1, -0.05) is 56.6 Å². The van der Waals surface area contributed by atoms with E-state index in [2.05, 4.69) is 69.6 Å². The summed E-state index contributed by atoms with van der Waals surface area (Å²) >= 11 is 6.58. The van der Waals surface area contributed by atoms with Gasteiger partial charge in [0.05, 0.1) is 23.6 Å². The van der Waals surface area contributed by atoms with Gasteiger partial charge in [0.25, 0.3) is 6.47 Å². The normalized spacial score (nSPS) is 17.1. The average molecular weight is 756 g/mol. The van der Waals surface area contributed by atoms with Gasteiger partial charge in [-0.3, -0.25) is 14.5 Å². The van der Waals surface area contributed by atoms with E-state index in [0.29, 0.717) is 5.82 Å². The predicted octanol–water partition coefficient (Wildman–Crippen LogP) is 7.44. The highest BCUT2D eigenvalue weighted by molar-refractivity contribution is 6.31. The van der Waals surface area contributed by atoms with E-state index in [0.717, 1.165) is 89.3 Å². The number of carboxylic acid groups (broad SMARTS) is 1. The van der Waals surface area contributed by atoms with E-state index in [4.69, 9.17) is 31.3 Å². The molecule has 2 aliphatic rings. The number of urea groups is 1. The number of pyridine rings is 1. The molecule has 3 aromatic heterocycles.